The monoisotopic (exact) mass is 280 g/mol. The summed E-state index contributed by atoms with van der Waals surface area (Å²) in [5.74, 6) is 0.557. The Hall–Kier alpha value is -2.88. The van der Waals surface area contributed by atoms with Gasteiger partial charge < -0.3 is 9.15 Å². The topological polar surface area (TPSA) is 56.5 Å². The zero-order valence-electron chi connectivity index (χ0n) is 11.1. The third-order valence-electron chi connectivity index (χ3n) is 3.15. The summed E-state index contributed by atoms with van der Waals surface area (Å²) in [4.78, 5) is 22.8. The molecular weight excluding hydrogens is 268 g/mol. The largest absolute Gasteiger partial charge is 0.489 e. The van der Waals surface area contributed by atoms with Gasteiger partial charge in [0.1, 0.15) is 24.2 Å². The maximum Gasteiger partial charge on any atom is 0.203 e. The molecule has 0 aliphatic heterocycles. The fraction of sp³-hybridized carbons (Fsp3) is 0.0588. The Kier molecular flexibility index (Phi) is 3.51. The molecule has 0 saturated heterocycles. The summed E-state index contributed by atoms with van der Waals surface area (Å²) in [6.07, 6.45) is 1.66. The van der Waals surface area contributed by atoms with E-state index in [9.17, 15) is 9.59 Å². The Labute approximate surface area is 120 Å². The molecule has 0 saturated carbocycles. The number of fused-ring (bicyclic) bond motifs is 1. The second-order valence-corrected chi connectivity index (χ2v) is 4.57. The van der Waals surface area contributed by atoms with Gasteiger partial charge in [0.25, 0.3) is 0 Å². The van der Waals surface area contributed by atoms with E-state index in [2.05, 4.69) is 0 Å². The van der Waals surface area contributed by atoms with Crippen LogP contribution in [0.4, 0.5) is 0 Å². The van der Waals surface area contributed by atoms with Crippen molar-refractivity contribution in [3.8, 4) is 5.75 Å². The highest BCUT2D eigenvalue weighted by Crippen LogP contribution is 2.19. The highest BCUT2D eigenvalue weighted by molar-refractivity contribution is 5.84. The Morgan fingerprint density at radius 1 is 1.10 bits per heavy atom. The number of ether oxygens (including phenoxy) is 1. The van der Waals surface area contributed by atoms with E-state index >= 15 is 0 Å². The molecule has 0 unspecified atom stereocenters. The number of carbonyl (C=O) groups is 1. The lowest BCUT2D eigenvalue weighted by Crippen LogP contribution is -2.07. The average molecular weight is 280 g/mol. The molecule has 4 heteroatoms. The molecule has 0 fully saturated rings. The van der Waals surface area contributed by atoms with Gasteiger partial charge in [-0.1, -0.05) is 30.3 Å². The molecule has 0 atom stereocenters. The number of benzene rings is 2. The van der Waals surface area contributed by atoms with Crippen molar-refractivity contribution in [2.75, 3.05) is 0 Å². The summed E-state index contributed by atoms with van der Waals surface area (Å²) in [7, 11) is 0. The maximum atomic E-state index is 12.0. The summed E-state index contributed by atoms with van der Waals surface area (Å²) >= 11 is 0. The summed E-state index contributed by atoms with van der Waals surface area (Å²) in [5.41, 5.74) is 1.11. The van der Waals surface area contributed by atoms with Crippen LogP contribution in [0.3, 0.4) is 0 Å². The molecule has 0 N–H and O–H groups in total. The van der Waals surface area contributed by atoms with E-state index in [0.29, 0.717) is 29.6 Å². The molecular formula is C17H12O4. The van der Waals surface area contributed by atoms with Gasteiger partial charge in [-0.25, -0.2) is 0 Å². The highest BCUT2D eigenvalue weighted by Gasteiger charge is 2.07. The second-order valence-electron chi connectivity index (χ2n) is 4.57. The van der Waals surface area contributed by atoms with Crippen LogP contribution < -0.4 is 10.2 Å². The first-order chi connectivity index (χ1) is 10.3. The van der Waals surface area contributed by atoms with E-state index in [-0.39, 0.29) is 11.0 Å². The molecule has 3 aromatic rings. The normalized spacial score (nSPS) is 10.5. The molecule has 0 aliphatic rings. The third-order valence-corrected chi connectivity index (χ3v) is 3.15. The zero-order chi connectivity index (χ0) is 14.7. The summed E-state index contributed by atoms with van der Waals surface area (Å²) in [6.45, 7) is 0.408. The lowest BCUT2D eigenvalue weighted by molar-refractivity contribution is 0.112. The van der Waals surface area contributed by atoms with Crippen molar-refractivity contribution in [2.24, 2.45) is 0 Å². The van der Waals surface area contributed by atoms with Crippen LogP contribution in [-0.2, 0) is 6.61 Å². The van der Waals surface area contributed by atoms with Gasteiger partial charge in [0.2, 0.25) is 5.43 Å². The van der Waals surface area contributed by atoms with E-state index < -0.39 is 0 Å². The van der Waals surface area contributed by atoms with Crippen molar-refractivity contribution >= 4 is 17.3 Å². The minimum absolute atomic E-state index is 0.00251. The lowest BCUT2D eigenvalue weighted by atomic mass is 10.2. The number of carbonyl (C=O) groups excluding carboxylic acids is 1. The second kappa shape index (κ2) is 5.63. The first kappa shape index (κ1) is 13.1. The first-order valence-electron chi connectivity index (χ1n) is 6.45. The van der Waals surface area contributed by atoms with Gasteiger partial charge in [-0.2, -0.15) is 0 Å². The Morgan fingerprint density at radius 2 is 1.90 bits per heavy atom. The highest BCUT2D eigenvalue weighted by atomic mass is 16.5. The minimum Gasteiger partial charge on any atom is -0.489 e. The summed E-state index contributed by atoms with van der Waals surface area (Å²) in [5, 5.41) is 0.338. The van der Waals surface area contributed by atoms with E-state index in [1.54, 1.807) is 18.2 Å². The lowest BCUT2D eigenvalue weighted by Gasteiger charge is -2.07. The fourth-order valence-electron chi connectivity index (χ4n) is 2.04. The summed E-state index contributed by atoms with van der Waals surface area (Å²) < 4.78 is 10.9. The molecule has 0 aliphatic carbocycles. The number of rotatable bonds is 4. The van der Waals surface area contributed by atoms with Crippen molar-refractivity contribution < 1.29 is 13.9 Å². The summed E-state index contributed by atoms with van der Waals surface area (Å²) in [6, 6.07) is 14.7. The average Bonchev–Trinajstić information content (AvgIpc) is 2.54. The first-order valence-corrected chi connectivity index (χ1v) is 6.45. The van der Waals surface area contributed by atoms with Gasteiger partial charge in [-0.05, 0) is 23.8 Å². The van der Waals surface area contributed by atoms with Crippen molar-refractivity contribution in [1.29, 1.82) is 0 Å². The molecule has 0 bridgehead atoms. The van der Waals surface area contributed by atoms with Crippen LogP contribution in [0.15, 0.2) is 64.0 Å². The Morgan fingerprint density at radius 3 is 2.67 bits per heavy atom. The van der Waals surface area contributed by atoms with Crippen LogP contribution in [-0.4, -0.2) is 6.29 Å². The van der Waals surface area contributed by atoms with Crippen LogP contribution >= 0.6 is 0 Å². The van der Waals surface area contributed by atoms with Gasteiger partial charge in [0.05, 0.1) is 10.9 Å². The van der Waals surface area contributed by atoms with Crippen LogP contribution in [0.2, 0.25) is 0 Å². The molecule has 104 valence electrons. The van der Waals surface area contributed by atoms with E-state index in [1.807, 2.05) is 30.3 Å². The number of hydrogen-bond acceptors (Lipinski definition) is 4. The quantitative estimate of drug-likeness (QED) is 0.689. The third kappa shape index (κ3) is 2.69. The molecule has 1 heterocycles. The van der Waals surface area contributed by atoms with Crippen molar-refractivity contribution in [2.45, 2.75) is 6.61 Å². The van der Waals surface area contributed by atoms with Crippen molar-refractivity contribution in [3.63, 3.8) is 0 Å². The van der Waals surface area contributed by atoms with Crippen LogP contribution in [0.5, 0.6) is 5.75 Å². The van der Waals surface area contributed by atoms with Gasteiger partial charge in [-0.15, -0.1) is 0 Å². The molecule has 0 spiro atoms. The van der Waals surface area contributed by atoms with E-state index in [0.717, 1.165) is 5.56 Å². The van der Waals surface area contributed by atoms with Gasteiger partial charge in [0, 0.05) is 0 Å². The predicted molar refractivity (Wildman–Crippen MR) is 78.6 cm³/mol. The maximum absolute atomic E-state index is 12.0. The van der Waals surface area contributed by atoms with Gasteiger partial charge in [0.15, 0.2) is 6.29 Å². The smallest absolute Gasteiger partial charge is 0.203 e. The van der Waals surface area contributed by atoms with Crippen LogP contribution in [0.1, 0.15) is 15.9 Å². The predicted octanol–water partition coefficient (Wildman–Crippen LogP) is 3.18. The SMILES string of the molecule is O=Cc1coc2ccc(OCc3ccccc3)cc2c1=O. The van der Waals surface area contributed by atoms with Gasteiger partial charge >= 0.3 is 0 Å². The zero-order valence-corrected chi connectivity index (χ0v) is 11.1. The number of aldehydes is 1. The standard InChI is InChI=1S/C17H12O4/c18-9-13-11-21-16-7-6-14(8-15(16)17(13)19)20-10-12-4-2-1-3-5-12/h1-9,11H,10H2. The van der Waals surface area contributed by atoms with Gasteiger partial charge in [-0.3, -0.25) is 9.59 Å². The molecule has 0 amide bonds. The minimum atomic E-state index is -0.351. The molecule has 2 aromatic carbocycles. The van der Waals surface area contributed by atoms with Crippen LogP contribution in [0, 0.1) is 0 Å². The Bertz CT molecular complexity index is 834. The van der Waals surface area contributed by atoms with E-state index in [1.165, 1.54) is 6.26 Å². The van der Waals surface area contributed by atoms with E-state index in [4.69, 9.17) is 9.15 Å². The Balaban J connectivity index is 1.91. The molecule has 21 heavy (non-hydrogen) atoms. The van der Waals surface area contributed by atoms with Crippen molar-refractivity contribution in [3.05, 3.63) is 76.1 Å². The molecule has 3 rings (SSSR count). The van der Waals surface area contributed by atoms with Crippen molar-refractivity contribution in [1.82, 2.24) is 0 Å². The number of hydrogen-bond donors (Lipinski definition) is 0. The van der Waals surface area contributed by atoms with Crippen LogP contribution in [0.25, 0.3) is 11.0 Å². The molecule has 4 nitrogen and oxygen atoms in total. The molecule has 0 radical (unpaired) electrons. The molecule has 1 aromatic heterocycles. The fourth-order valence-corrected chi connectivity index (χ4v) is 2.04.